The van der Waals surface area contributed by atoms with Crippen LogP contribution in [0.4, 0.5) is 4.79 Å². The van der Waals surface area contributed by atoms with Gasteiger partial charge in [0.1, 0.15) is 6.04 Å². The SMILES string of the molecule is O=C(O)C1CSCCN1C(=O)NCCCNC1CC1. The Morgan fingerprint density at radius 3 is 2.79 bits per heavy atom. The molecule has 0 aromatic heterocycles. The van der Waals surface area contributed by atoms with Crippen molar-refractivity contribution >= 4 is 23.8 Å². The number of aliphatic carboxylic acids is 1. The van der Waals surface area contributed by atoms with Gasteiger partial charge in [0, 0.05) is 30.6 Å². The number of nitrogens with zero attached hydrogens (tertiary/aromatic N) is 1. The van der Waals surface area contributed by atoms with E-state index in [4.69, 9.17) is 5.11 Å². The Labute approximate surface area is 117 Å². The molecule has 19 heavy (non-hydrogen) atoms. The molecule has 1 unspecified atom stereocenters. The molecule has 2 fully saturated rings. The summed E-state index contributed by atoms with van der Waals surface area (Å²) in [5.41, 5.74) is 0. The summed E-state index contributed by atoms with van der Waals surface area (Å²) in [6, 6.07) is -0.256. The van der Waals surface area contributed by atoms with Crippen LogP contribution in [-0.4, -0.2) is 65.2 Å². The fourth-order valence-electron chi connectivity index (χ4n) is 2.03. The molecule has 0 radical (unpaired) electrons. The standard InChI is InChI=1S/C12H21N3O3S/c16-11(17)10-8-19-7-6-15(10)12(18)14-5-1-4-13-9-2-3-9/h9-10,13H,1-8H2,(H,14,18)(H,16,17). The van der Waals surface area contributed by atoms with E-state index in [1.807, 2.05) is 0 Å². The lowest BCUT2D eigenvalue weighted by Gasteiger charge is -2.32. The molecule has 1 saturated carbocycles. The first kappa shape index (κ1) is 14.5. The van der Waals surface area contributed by atoms with Gasteiger partial charge in [0.25, 0.3) is 0 Å². The zero-order chi connectivity index (χ0) is 13.7. The van der Waals surface area contributed by atoms with E-state index in [2.05, 4.69) is 10.6 Å². The van der Waals surface area contributed by atoms with Crippen molar-refractivity contribution in [3.8, 4) is 0 Å². The zero-order valence-electron chi connectivity index (χ0n) is 10.9. The van der Waals surface area contributed by atoms with Crippen LogP contribution >= 0.6 is 11.8 Å². The monoisotopic (exact) mass is 287 g/mol. The van der Waals surface area contributed by atoms with Crippen molar-refractivity contribution in [2.75, 3.05) is 31.1 Å². The summed E-state index contributed by atoms with van der Waals surface area (Å²) < 4.78 is 0. The van der Waals surface area contributed by atoms with Crippen molar-refractivity contribution in [3.05, 3.63) is 0 Å². The molecule has 2 amide bonds. The molecule has 0 spiro atoms. The van der Waals surface area contributed by atoms with Crippen LogP contribution < -0.4 is 10.6 Å². The lowest BCUT2D eigenvalue weighted by atomic mass is 10.3. The van der Waals surface area contributed by atoms with Gasteiger partial charge in [-0.25, -0.2) is 9.59 Å². The van der Waals surface area contributed by atoms with E-state index in [-0.39, 0.29) is 6.03 Å². The van der Waals surface area contributed by atoms with E-state index in [1.54, 1.807) is 11.8 Å². The number of carboxylic acid groups (broad SMARTS) is 1. The first-order valence-corrected chi connectivity index (χ1v) is 7.92. The maximum absolute atomic E-state index is 11.9. The molecule has 0 bridgehead atoms. The maximum atomic E-state index is 11.9. The molecule has 3 N–H and O–H groups in total. The molecule has 0 aromatic carbocycles. The molecule has 1 aliphatic heterocycles. The van der Waals surface area contributed by atoms with Crippen molar-refractivity contribution in [2.45, 2.75) is 31.3 Å². The predicted molar refractivity (Wildman–Crippen MR) is 74.5 cm³/mol. The van der Waals surface area contributed by atoms with Gasteiger partial charge in [-0.3, -0.25) is 0 Å². The minimum absolute atomic E-state index is 0.251. The third kappa shape index (κ3) is 4.58. The highest BCUT2D eigenvalue weighted by atomic mass is 32.2. The number of carbonyl (C=O) groups excluding carboxylic acids is 1. The zero-order valence-corrected chi connectivity index (χ0v) is 11.7. The summed E-state index contributed by atoms with van der Waals surface area (Å²) in [4.78, 5) is 24.5. The van der Waals surface area contributed by atoms with Crippen LogP contribution in [0.1, 0.15) is 19.3 Å². The second-order valence-corrected chi connectivity index (χ2v) is 6.09. The number of amides is 2. The maximum Gasteiger partial charge on any atom is 0.327 e. The molecule has 0 aromatic rings. The van der Waals surface area contributed by atoms with Gasteiger partial charge in [0.05, 0.1) is 0 Å². The second-order valence-electron chi connectivity index (χ2n) is 4.94. The van der Waals surface area contributed by atoms with Crippen LogP contribution in [0.25, 0.3) is 0 Å². The third-order valence-corrected chi connectivity index (χ3v) is 4.34. The van der Waals surface area contributed by atoms with Crippen molar-refractivity contribution in [1.29, 1.82) is 0 Å². The fourth-order valence-corrected chi connectivity index (χ4v) is 3.07. The molecular formula is C12H21N3O3S. The van der Waals surface area contributed by atoms with E-state index in [1.165, 1.54) is 17.7 Å². The van der Waals surface area contributed by atoms with Crippen molar-refractivity contribution < 1.29 is 14.7 Å². The highest BCUT2D eigenvalue weighted by molar-refractivity contribution is 7.99. The van der Waals surface area contributed by atoms with Gasteiger partial charge in [-0.2, -0.15) is 11.8 Å². The Morgan fingerprint density at radius 1 is 1.32 bits per heavy atom. The molecule has 1 saturated heterocycles. The van der Waals surface area contributed by atoms with Gasteiger partial charge in [-0.05, 0) is 25.8 Å². The third-order valence-electron chi connectivity index (χ3n) is 3.31. The summed E-state index contributed by atoms with van der Waals surface area (Å²) in [5.74, 6) is 0.365. The van der Waals surface area contributed by atoms with Crippen LogP contribution in [0.5, 0.6) is 0 Å². The number of rotatable bonds is 6. The number of urea groups is 1. The number of hydrogen-bond acceptors (Lipinski definition) is 4. The van der Waals surface area contributed by atoms with Gasteiger partial charge in [0.15, 0.2) is 0 Å². The van der Waals surface area contributed by atoms with Gasteiger partial charge < -0.3 is 20.6 Å². The van der Waals surface area contributed by atoms with Gasteiger partial charge >= 0.3 is 12.0 Å². The molecule has 7 heteroatoms. The normalized spacial score (nSPS) is 23.2. The van der Waals surface area contributed by atoms with E-state index in [0.717, 1.165) is 18.7 Å². The average Bonchev–Trinajstić information content (AvgIpc) is 3.22. The molecule has 1 aliphatic carbocycles. The molecule has 2 rings (SSSR count). The molecule has 1 heterocycles. The van der Waals surface area contributed by atoms with E-state index >= 15 is 0 Å². The topological polar surface area (TPSA) is 81.7 Å². The van der Waals surface area contributed by atoms with E-state index < -0.39 is 12.0 Å². The number of nitrogens with one attached hydrogen (secondary N) is 2. The first-order chi connectivity index (χ1) is 9.18. The van der Waals surface area contributed by atoms with Crippen LogP contribution in [0.2, 0.25) is 0 Å². The van der Waals surface area contributed by atoms with Gasteiger partial charge in [0.2, 0.25) is 0 Å². The molecule has 6 nitrogen and oxygen atoms in total. The quantitative estimate of drug-likeness (QED) is 0.614. The number of carboxylic acids is 1. The summed E-state index contributed by atoms with van der Waals surface area (Å²) >= 11 is 1.58. The molecule has 108 valence electrons. The summed E-state index contributed by atoms with van der Waals surface area (Å²) in [6.07, 6.45) is 3.40. The molecular weight excluding hydrogens is 266 g/mol. The number of hydrogen-bond donors (Lipinski definition) is 3. The fraction of sp³-hybridized carbons (Fsp3) is 0.833. The van der Waals surface area contributed by atoms with Crippen molar-refractivity contribution in [3.63, 3.8) is 0 Å². The largest absolute Gasteiger partial charge is 0.480 e. The molecule has 2 aliphatic rings. The van der Waals surface area contributed by atoms with Crippen LogP contribution in [0, 0.1) is 0 Å². The summed E-state index contributed by atoms with van der Waals surface area (Å²) in [7, 11) is 0. The van der Waals surface area contributed by atoms with Crippen molar-refractivity contribution in [2.24, 2.45) is 0 Å². The van der Waals surface area contributed by atoms with Crippen LogP contribution in [-0.2, 0) is 4.79 Å². The lowest BCUT2D eigenvalue weighted by molar-refractivity contribution is -0.141. The Kier molecular flexibility index (Phi) is 5.33. The average molecular weight is 287 g/mol. The Hall–Kier alpha value is -0.950. The minimum atomic E-state index is -0.919. The van der Waals surface area contributed by atoms with Crippen molar-refractivity contribution in [1.82, 2.24) is 15.5 Å². The smallest absolute Gasteiger partial charge is 0.327 e. The Bertz CT molecular complexity index is 336. The second kappa shape index (κ2) is 7.00. The van der Waals surface area contributed by atoms with Crippen LogP contribution in [0.15, 0.2) is 0 Å². The minimum Gasteiger partial charge on any atom is -0.480 e. The highest BCUT2D eigenvalue weighted by Crippen LogP contribution is 2.18. The molecule has 1 atom stereocenters. The van der Waals surface area contributed by atoms with Gasteiger partial charge in [-0.15, -0.1) is 0 Å². The van der Waals surface area contributed by atoms with E-state index in [9.17, 15) is 9.59 Å². The van der Waals surface area contributed by atoms with E-state index in [0.29, 0.717) is 24.9 Å². The Morgan fingerprint density at radius 2 is 2.11 bits per heavy atom. The first-order valence-electron chi connectivity index (χ1n) is 6.77. The highest BCUT2D eigenvalue weighted by Gasteiger charge is 2.32. The summed E-state index contributed by atoms with van der Waals surface area (Å²) in [5, 5.41) is 15.3. The van der Waals surface area contributed by atoms with Gasteiger partial charge in [-0.1, -0.05) is 0 Å². The number of thioether (sulfide) groups is 1. The summed E-state index contributed by atoms with van der Waals surface area (Å²) in [6.45, 7) is 2.01. The van der Waals surface area contributed by atoms with Crippen LogP contribution in [0.3, 0.4) is 0 Å². The lowest BCUT2D eigenvalue weighted by Crippen LogP contribution is -2.54. The Balaban J connectivity index is 1.66. The predicted octanol–water partition coefficient (Wildman–Crippen LogP) is 0.340. The number of carbonyl (C=O) groups is 2.